The van der Waals surface area contributed by atoms with Gasteiger partial charge in [-0.05, 0) is 12.1 Å². The largest absolute Gasteiger partial charge is 0.433 e. The molecular formula is C7H7N3O3. The van der Waals surface area contributed by atoms with Crippen LogP contribution in [0.25, 0.3) is 6.08 Å². The van der Waals surface area contributed by atoms with E-state index in [1.54, 1.807) is 6.08 Å². The summed E-state index contributed by atoms with van der Waals surface area (Å²) in [4.78, 5) is 9.58. The number of rotatable bonds is 4. The van der Waals surface area contributed by atoms with Gasteiger partial charge in [0.15, 0.2) is 0 Å². The van der Waals surface area contributed by atoms with Gasteiger partial charge in [-0.25, -0.2) is 5.53 Å². The molecule has 0 aliphatic rings. The first-order valence-corrected chi connectivity index (χ1v) is 3.48. The van der Waals surface area contributed by atoms with E-state index in [9.17, 15) is 10.1 Å². The Hall–Kier alpha value is -1.98. The zero-order chi connectivity index (χ0) is 9.68. The van der Waals surface area contributed by atoms with Gasteiger partial charge < -0.3 is 4.42 Å². The lowest BCUT2D eigenvalue weighted by atomic mass is 10.4. The molecule has 1 aromatic heterocycles. The summed E-state index contributed by atoms with van der Waals surface area (Å²) in [5.41, 5.74) is 6.48. The highest BCUT2D eigenvalue weighted by molar-refractivity contribution is 5.44. The van der Waals surface area contributed by atoms with Crippen LogP contribution >= 0.6 is 0 Å². The van der Waals surface area contributed by atoms with E-state index in [0.717, 1.165) is 0 Å². The fourth-order valence-corrected chi connectivity index (χ4v) is 0.751. The highest BCUT2D eigenvalue weighted by Gasteiger charge is 2.09. The van der Waals surface area contributed by atoms with Gasteiger partial charge in [-0.15, -0.1) is 0 Å². The van der Waals surface area contributed by atoms with Crippen LogP contribution in [0.2, 0.25) is 0 Å². The molecule has 0 fully saturated rings. The van der Waals surface area contributed by atoms with Crippen molar-refractivity contribution in [3.05, 3.63) is 34.1 Å². The molecule has 0 bridgehead atoms. The van der Waals surface area contributed by atoms with Crippen LogP contribution in [0.1, 0.15) is 5.76 Å². The van der Waals surface area contributed by atoms with E-state index < -0.39 is 4.92 Å². The molecular weight excluding hydrogens is 174 g/mol. The number of furan rings is 1. The first-order valence-electron chi connectivity index (χ1n) is 3.48. The fraction of sp³-hybridized carbons (Fsp3) is 0.143. The lowest BCUT2D eigenvalue weighted by Gasteiger charge is -1.82. The van der Waals surface area contributed by atoms with Crippen molar-refractivity contribution < 1.29 is 9.34 Å². The average molecular weight is 181 g/mol. The van der Waals surface area contributed by atoms with E-state index in [1.165, 1.54) is 18.2 Å². The molecule has 6 nitrogen and oxygen atoms in total. The van der Waals surface area contributed by atoms with Crippen LogP contribution in [0.15, 0.2) is 27.7 Å². The SMILES string of the molecule is N=NCC=Cc1ccc([N+](=O)[O-])o1. The lowest BCUT2D eigenvalue weighted by molar-refractivity contribution is -0.402. The van der Waals surface area contributed by atoms with Crippen molar-refractivity contribution in [3.63, 3.8) is 0 Å². The minimum absolute atomic E-state index is 0.245. The van der Waals surface area contributed by atoms with Crippen molar-refractivity contribution in [1.29, 1.82) is 5.53 Å². The van der Waals surface area contributed by atoms with Crippen LogP contribution in [-0.2, 0) is 0 Å². The van der Waals surface area contributed by atoms with Gasteiger partial charge in [0, 0.05) is 0 Å². The summed E-state index contributed by atoms with van der Waals surface area (Å²) in [6, 6.07) is 2.76. The number of nitrogens with one attached hydrogen (secondary N) is 1. The fourth-order valence-electron chi connectivity index (χ4n) is 0.751. The summed E-state index contributed by atoms with van der Waals surface area (Å²) in [5.74, 6) is 0.0952. The van der Waals surface area contributed by atoms with Crippen molar-refractivity contribution in [2.24, 2.45) is 5.11 Å². The van der Waals surface area contributed by atoms with Crippen molar-refractivity contribution in [3.8, 4) is 0 Å². The standard InChI is InChI=1S/C7H7N3O3/c8-9-5-1-2-6-3-4-7(13-6)10(11)12/h1-4,8H,5H2. The first-order chi connectivity index (χ1) is 6.24. The van der Waals surface area contributed by atoms with Crippen LogP contribution < -0.4 is 0 Å². The number of nitrogens with zero attached hydrogens (tertiary/aromatic N) is 2. The lowest BCUT2D eigenvalue weighted by Crippen LogP contribution is -1.82. The summed E-state index contributed by atoms with van der Waals surface area (Å²) < 4.78 is 4.80. The summed E-state index contributed by atoms with van der Waals surface area (Å²) in [6.07, 6.45) is 3.11. The predicted octanol–water partition coefficient (Wildman–Crippen LogP) is 2.23. The molecule has 1 N–H and O–H groups in total. The van der Waals surface area contributed by atoms with Crippen LogP contribution in [0.5, 0.6) is 0 Å². The van der Waals surface area contributed by atoms with E-state index in [1.807, 2.05) is 0 Å². The topological polar surface area (TPSA) is 92.5 Å². The Kier molecular flexibility index (Phi) is 2.91. The smallest absolute Gasteiger partial charge is 0.401 e. The van der Waals surface area contributed by atoms with Crippen LogP contribution in [0.4, 0.5) is 5.88 Å². The first kappa shape index (κ1) is 9.11. The average Bonchev–Trinajstić information content (AvgIpc) is 2.53. The molecule has 0 saturated heterocycles. The summed E-state index contributed by atoms with van der Waals surface area (Å²) >= 11 is 0. The third kappa shape index (κ3) is 2.51. The Morgan fingerprint density at radius 2 is 2.46 bits per heavy atom. The second-order valence-electron chi connectivity index (χ2n) is 2.18. The molecule has 1 aromatic rings. The molecule has 1 rings (SSSR count). The van der Waals surface area contributed by atoms with Gasteiger partial charge in [0.25, 0.3) is 0 Å². The Morgan fingerprint density at radius 1 is 1.69 bits per heavy atom. The second-order valence-corrected chi connectivity index (χ2v) is 2.18. The van der Waals surface area contributed by atoms with Gasteiger partial charge in [-0.1, -0.05) is 6.08 Å². The maximum Gasteiger partial charge on any atom is 0.433 e. The van der Waals surface area contributed by atoms with E-state index in [4.69, 9.17) is 9.95 Å². The highest BCUT2D eigenvalue weighted by Crippen LogP contribution is 2.16. The molecule has 6 heteroatoms. The summed E-state index contributed by atoms with van der Waals surface area (Å²) in [5, 5.41) is 13.3. The van der Waals surface area contributed by atoms with E-state index in [0.29, 0.717) is 5.76 Å². The van der Waals surface area contributed by atoms with Gasteiger partial charge in [0.05, 0.1) is 12.6 Å². The molecule has 0 spiro atoms. The maximum atomic E-state index is 10.2. The molecule has 0 amide bonds. The van der Waals surface area contributed by atoms with Gasteiger partial charge >= 0.3 is 5.88 Å². The van der Waals surface area contributed by atoms with E-state index in [2.05, 4.69) is 5.11 Å². The third-order valence-corrected chi connectivity index (χ3v) is 1.27. The van der Waals surface area contributed by atoms with E-state index >= 15 is 0 Å². The molecule has 0 atom stereocenters. The Balaban J connectivity index is 2.69. The third-order valence-electron chi connectivity index (χ3n) is 1.27. The van der Waals surface area contributed by atoms with Gasteiger partial charge in [0.2, 0.25) is 0 Å². The van der Waals surface area contributed by atoms with Crippen molar-refractivity contribution in [2.45, 2.75) is 0 Å². The van der Waals surface area contributed by atoms with Gasteiger partial charge in [0.1, 0.15) is 10.7 Å². The zero-order valence-corrected chi connectivity index (χ0v) is 6.64. The van der Waals surface area contributed by atoms with E-state index in [-0.39, 0.29) is 12.4 Å². The highest BCUT2D eigenvalue weighted by atomic mass is 16.6. The monoisotopic (exact) mass is 181 g/mol. The molecule has 0 saturated carbocycles. The molecule has 0 aliphatic heterocycles. The van der Waals surface area contributed by atoms with Crippen molar-refractivity contribution >= 4 is 12.0 Å². The Morgan fingerprint density at radius 3 is 3.00 bits per heavy atom. The summed E-state index contributed by atoms with van der Waals surface area (Å²) in [6.45, 7) is 0.245. The van der Waals surface area contributed by atoms with Crippen LogP contribution in [-0.4, -0.2) is 11.5 Å². The van der Waals surface area contributed by atoms with Gasteiger partial charge in [-0.2, -0.15) is 5.11 Å². The zero-order valence-electron chi connectivity index (χ0n) is 6.64. The van der Waals surface area contributed by atoms with Crippen LogP contribution in [0.3, 0.4) is 0 Å². The molecule has 0 aliphatic carbocycles. The van der Waals surface area contributed by atoms with Crippen molar-refractivity contribution in [2.75, 3.05) is 6.54 Å². The number of nitro groups is 1. The normalized spacial score (nSPS) is 10.5. The number of hydrogen-bond donors (Lipinski definition) is 1. The van der Waals surface area contributed by atoms with Crippen molar-refractivity contribution in [1.82, 2.24) is 0 Å². The summed E-state index contributed by atoms with van der Waals surface area (Å²) in [7, 11) is 0. The van der Waals surface area contributed by atoms with Gasteiger partial charge in [-0.3, -0.25) is 10.1 Å². The quantitative estimate of drug-likeness (QED) is 0.438. The molecule has 0 aromatic carbocycles. The molecule has 0 radical (unpaired) electrons. The Labute approximate surface area is 73.5 Å². The van der Waals surface area contributed by atoms with Crippen LogP contribution in [0, 0.1) is 15.6 Å². The second kappa shape index (κ2) is 4.15. The molecule has 68 valence electrons. The Bertz CT molecular complexity index is 343. The minimum atomic E-state index is -0.605. The molecule has 13 heavy (non-hydrogen) atoms. The molecule has 0 unspecified atom stereocenters. The number of hydrogen-bond acceptors (Lipinski definition) is 5. The molecule has 1 heterocycles. The predicted molar refractivity (Wildman–Crippen MR) is 44.4 cm³/mol. The maximum absolute atomic E-state index is 10.2. The minimum Gasteiger partial charge on any atom is -0.401 e.